The molecule has 3 atom stereocenters. The zero-order chi connectivity index (χ0) is 6.27. The van der Waals surface area contributed by atoms with E-state index in [9.17, 15) is 0 Å². The minimum absolute atomic E-state index is 0.994. The molecule has 0 N–H and O–H groups in total. The molecule has 2 rings (SSSR count). The van der Waals surface area contributed by atoms with Crippen LogP contribution in [-0.4, -0.2) is 21.5 Å². The SMILES string of the molecule is CC1SC1CCC1CS1. The van der Waals surface area contributed by atoms with E-state index in [0.717, 1.165) is 15.7 Å². The lowest BCUT2D eigenvalue weighted by molar-refractivity contribution is 0.755. The van der Waals surface area contributed by atoms with Crippen LogP contribution in [0.15, 0.2) is 0 Å². The molecule has 0 nitrogen and oxygen atoms in total. The maximum atomic E-state index is 2.34. The number of thioether (sulfide) groups is 2. The van der Waals surface area contributed by atoms with E-state index in [4.69, 9.17) is 0 Å². The van der Waals surface area contributed by atoms with Crippen LogP contribution in [-0.2, 0) is 0 Å². The van der Waals surface area contributed by atoms with Gasteiger partial charge in [0.1, 0.15) is 0 Å². The third-order valence-electron chi connectivity index (χ3n) is 2.01. The van der Waals surface area contributed by atoms with Gasteiger partial charge in [0, 0.05) is 21.5 Å². The third-order valence-corrected chi connectivity index (χ3v) is 4.49. The molecular weight excluding hydrogens is 148 g/mol. The molecule has 2 aliphatic heterocycles. The van der Waals surface area contributed by atoms with Gasteiger partial charge in [-0.2, -0.15) is 23.5 Å². The second-order valence-corrected chi connectivity index (χ2v) is 5.87. The average Bonchev–Trinajstić information content (AvgIpc) is 2.60. The van der Waals surface area contributed by atoms with Crippen molar-refractivity contribution in [2.75, 3.05) is 5.75 Å². The van der Waals surface area contributed by atoms with E-state index >= 15 is 0 Å². The maximum Gasteiger partial charge on any atom is 0.0167 e. The maximum absolute atomic E-state index is 2.34. The third kappa shape index (κ3) is 1.81. The molecule has 0 bridgehead atoms. The normalized spacial score (nSPS) is 47.0. The minimum Gasteiger partial charge on any atom is -0.157 e. The predicted octanol–water partition coefficient (Wildman–Crippen LogP) is 2.39. The zero-order valence-electron chi connectivity index (χ0n) is 5.67. The highest BCUT2D eigenvalue weighted by molar-refractivity contribution is 8.07. The Kier molecular flexibility index (Phi) is 1.70. The molecule has 2 heteroatoms. The second-order valence-electron chi connectivity index (χ2n) is 2.91. The van der Waals surface area contributed by atoms with Crippen molar-refractivity contribution in [3.63, 3.8) is 0 Å². The van der Waals surface area contributed by atoms with Crippen LogP contribution in [0.1, 0.15) is 19.8 Å². The molecule has 2 heterocycles. The Morgan fingerprint density at radius 3 is 2.56 bits per heavy atom. The van der Waals surface area contributed by atoms with E-state index < -0.39 is 0 Å². The molecule has 0 aliphatic carbocycles. The van der Waals surface area contributed by atoms with Crippen LogP contribution in [0.2, 0.25) is 0 Å². The number of rotatable bonds is 3. The molecule has 0 amide bonds. The Morgan fingerprint density at radius 2 is 2.11 bits per heavy atom. The minimum atomic E-state index is 0.994. The van der Waals surface area contributed by atoms with Crippen molar-refractivity contribution >= 4 is 23.5 Å². The first kappa shape index (κ1) is 6.41. The van der Waals surface area contributed by atoms with Crippen molar-refractivity contribution in [3.05, 3.63) is 0 Å². The number of hydrogen-bond donors (Lipinski definition) is 0. The van der Waals surface area contributed by atoms with Gasteiger partial charge in [-0.1, -0.05) is 6.92 Å². The van der Waals surface area contributed by atoms with Gasteiger partial charge in [-0.05, 0) is 12.8 Å². The fourth-order valence-electron chi connectivity index (χ4n) is 1.12. The Labute approximate surface area is 65.2 Å². The molecule has 0 aromatic rings. The van der Waals surface area contributed by atoms with Gasteiger partial charge >= 0.3 is 0 Å². The average molecular weight is 160 g/mol. The lowest BCUT2D eigenvalue weighted by Crippen LogP contribution is -1.91. The Morgan fingerprint density at radius 1 is 1.44 bits per heavy atom. The fraction of sp³-hybridized carbons (Fsp3) is 1.00. The molecule has 52 valence electrons. The summed E-state index contributed by atoms with van der Waals surface area (Å²) in [6, 6.07) is 0. The number of hydrogen-bond acceptors (Lipinski definition) is 2. The summed E-state index contributed by atoms with van der Waals surface area (Å²) >= 11 is 4.28. The standard InChI is InChI=1S/C7H12S2/c1-5-7(9-5)3-2-6-4-8-6/h5-7H,2-4H2,1H3. The fourth-order valence-corrected chi connectivity index (χ4v) is 2.59. The largest absolute Gasteiger partial charge is 0.157 e. The molecular formula is C7H12S2. The zero-order valence-corrected chi connectivity index (χ0v) is 7.30. The summed E-state index contributed by atoms with van der Waals surface area (Å²) < 4.78 is 0. The van der Waals surface area contributed by atoms with Gasteiger partial charge in [-0.3, -0.25) is 0 Å². The van der Waals surface area contributed by atoms with E-state index in [2.05, 4.69) is 30.4 Å². The van der Waals surface area contributed by atoms with Crippen molar-refractivity contribution < 1.29 is 0 Å². The first-order chi connectivity index (χ1) is 4.36. The summed E-state index contributed by atoms with van der Waals surface area (Å²) in [5.74, 6) is 1.45. The van der Waals surface area contributed by atoms with Crippen LogP contribution in [0.5, 0.6) is 0 Å². The Hall–Kier alpha value is 0.700. The molecule has 3 unspecified atom stereocenters. The molecule has 0 radical (unpaired) electrons. The van der Waals surface area contributed by atoms with Gasteiger partial charge in [0.05, 0.1) is 0 Å². The van der Waals surface area contributed by atoms with Crippen LogP contribution in [0.3, 0.4) is 0 Å². The summed E-state index contributed by atoms with van der Waals surface area (Å²) in [4.78, 5) is 0. The lowest BCUT2D eigenvalue weighted by atomic mass is 10.2. The van der Waals surface area contributed by atoms with Crippen molar-refractivity contribution in [2.45, 2.75) is 35.5 Å². The van der Waals surface area contributed by atoms with Gasteiger partial charge in [0.15, 0.2) is 0 Å². The summed E-state index contributed by atoms with van der Waals surface area (Å²) in [6.07, 6.45) is 2.98. The predicted molar refractivity (Wildman–Crippen MR) is 46.3 cm³/mol. The first-order valence-corrected chi connectivity index (χ1v) is 5.62. The Balaban J connectivity index is 1.57. The second kappa shape index (κ2) is 2.39. The highest BCUT2D eigenvalue weighted by atomic mass is 32.2. The van der Waals surface area contributed by atoms with Gasteiger partial charge < -0.3 is 0 Å². The van der Waals surface area contributed by atoms with E-state index in [0.29, 0.717) is 0 Å². The molecule has 0 saturated carbocycles. The van der Waals surface area contributed by atoms with Crippen LogP contribution < -0.4 is 0 Å². The van der Waals surface area contributed by atoms with Gasteiger partial charge in [0.25, 0.3) is 0 Å². The van der Waals surface area contributed by atoms with Crippen LogP contribution >= 0.6 is 23.5 Å². The van der Waals surface area contributed by atoms with Gasteiger partial charge in [-0.25, -0.2) is 0 Å². The monoisotopic (exact) mass is 160 g/mol. The first-order valence-electron chi connectivity index (χ1n) is 3.63. The van der Waals surface area contributed by atoms with E-state index in [1.54, 1.807) is 0 Å². The van der Waals surface area contributed by atoms with E-state index in [1.807, 2.05) is 0 Å². The molecule has 2 saturated heterocycles. The quantitative estimate of drug-likeness (QED) is 0.581. The molecule has 0 aromatic carbocycles. The van der Waals surface area contributed by atoms with Gasteiger partial charge in [0.2, 0.25) is 0 Å². The topological polar surface area (TPSA) is 0 Å². The summed E-state index contributed by atoms with van der Waals surface area (Å²) in [5.41, 5.74) is 0. The molecule has 9 heavy (non-hydrogen) atoms. The lowest BCUT2D eigenvalue weighted by Gasteiger charge is -1.90. The van der Waals surface area contributed by atoms with Crippen LogP contribution in [0.4, 0.5) is 0 Å². The highest BCUT2D eigenvalue weighted by Gasteiger charge is 2.35. The van der Waals surface area contributed by atoms with Gasteiger partial charge in [-0.15, -0.1) is 0 Å². The van der Waals surface area contributed by atoms with Crippen LogP contribution in [0, 0.1) is 0 Å². The van der Waals surface area contributed by atoms with E-state index in [1.165, 1.54) is 18.6 Å². The van der Waals surface area contributed by atoms with Crippen molar-refractivity contribution in [2.24, 2.45) is 0 Å². The molecule has 0 aromatic heterocycles. The molecule has 2 aliphatic rings. The molecule has 2 fully saturated rings. The van der Waals surface area contributed by atoms with Crippen molar-refractivity contribution in [1.82, 2.24) is 0 Å². The molecule has 0 spiro atoms. The van der Waals surface area contributed by atoms with Crippen molar-refractivity contribution in [1.29, 1.82) is 0 Å². The highest BCUT2D eigenvalue weighted by Crippen LogP contribution is 2.46. The summed E-state index contributed by atoms with van der Waals surface area (Å²) in [7, 11) is 0. The van der Waals surface area contributed by atoms with Crippen LogP contribution in [0.25, 0.3) is 0 Å². The summed E-state index contributed by atoms with van der Waals surface area (Å²) in [6.45, 7) is 2.34. The smallest absolute Gasteiger partial charge is 0.0167 e. The van der Waals surface area contributed by atoms with E-state index in [-0.39, 0.29) is 0 Å². The summed E-state index contributed by atoms with van der Waals surface area (Å²) in [5, 5.41) is 3.11. The van der Waals surface area contributed by atoms with Crippen molar-refractivity contribution in [3.8, 4) is 0 Å². The Bertz CT molecular complexity index is 109.